The summed E-state index contributed by atoms with van der Waals surface area (Å²) in [5.41, 5.74) is 6.24. The van der Waals surface area contributed by atoms with Crippen LogP contribution in [0.15, 0.2) is 77.0 Å². The molecule has 1 radical (unpaired) electrons. The minimum Gasteiger partial charge on any atom is -0.512 e. The van der Waals surface area contributed by atoms with Crippen LogP contribution >= 0.6 is 0 Å². The monoisotopic (exact) mass is 767 g/mol. The summed E-state index contributed by atoms with van der Waals surface area (Å²) in [5.74, 6) is 2.50. The molecular weight excluding hydrogens is 723 g/mol. The minimum absolute atomic E-state index is 0. The zero-order valence-electron chi connectivity index (χ0n) is 26.7. The Balaban J connectivity index is 0.000000271. The van der Waals surface area contributed by atoms with Crippen LogP contribution in [0, 0.1) is 30.7 Å². The smallest absolute Gasteiger partial charge is 0.159 e. The van der Waals surface area contributed by atoms with Crippen LogP contribution in [-0.4, -0.2) is 15.9 Å². The molecular formula is C39H44IrNO3-. The Kier molecular flexibility index (Phi) is 11.2. The summed E-state index contributed by atoms with van der Waals surface area (Å²) >= 11 is 0. The van der Waals surface area contributed by atoms with E-state index >= 15 is 0 Å². The zero-order chi connectivity index (χ0) is 30.7. The minimum atomic E-state index is 0. The van der Waals surface area contributed by atoms with Crippen molar-refractivity contribution in [1.82, 2.24) is 4.98 Å². The van der Waals surface area contributed by atoms with Crippen LogP contribution in [0.1, 0.15) is 83.8 Å². The van der Waals surface area contributed by atoms with Gasteiger partial charge in [0.2, 0.25) is 0 Å². The van der Waals surface area contributed by atoms with Gasteiger partial charge in [-0.05, 0) is 70.7 Å². The third kappa shape index (κ3) is 7.86. The van der Waals surface area contributed by atoms with Gasteiger partial charge in [0.1, 0.15) is 5.58 Å². The SMILES string of the molecule is CC(C)CC(=O)/C=C(\O)CC(C)C.Cc1[c-]c(-c2nccc3cc(C4CCC(C)C4)ccc23)c2oc3ccccc3c2c1.[Ir]. The number of nitrogens with zero attached hydrogens (tertiary/aromatic N) is 1. The van der Waals surface area contributed by atoms with Crippen molar-refractivity contribution in [3.63, 3.8) is 0 Å². The van der Waals surface area contributed by atoms with E-state index in [4.69, 9.17) is 9.40 Å². The Hall–Kier alpha value is -3.27. The van der Waals surface area contributed by atoms with E-state index in [1.54, 1.807) is 0 Å². The number of carbonyl (C=O) groups is 1. The number of rotatable bonds is 7. The molecule has 5 heteroatoms. The number of aliphatic hydroxyl groups excluding tert-OH is 1. The number of hydrogen-bond donors (Lipinski definition) is 1. The summed E-state index contributed by atoms with van der Waals surface area (Å²) in [4.78, 5) is 16.0. The van der Waals surface area contributed by atoms with Crippen LogP contribution < -0.4 is 0 Å². The number of aromatic nitrogens is 1. The van der Waals surface area contributed by atoms with Gasteiger partial charge in [-0.3, -0.25) is 4.79 Å². The molecule has 2 heterocycles. The topological polar surface area (TPSA) is 63.3 Å². The largest absolute Gasteiger partial charge is 0.512 e. The maximum absolute atomic E-state index is 11.2. The van der Waals surface area contributed by atoms with E-state index in [1.165, 1.54) is 36.3 Å². The quantitative estimate of drug-likeness (QED) is 0.102. The first-order valence-electron chi connectivity index (χ1n) is 15.7. The fraction of sp³-hybridized carbons (Fsp3) is 0.385. The second kappa shape index (κ2) is 14.7. The molecule has 0 saturated heterocycles. The summed E-state index contributed by atoms with van der Waals surface area (Å²) < 4.78 is 6.29. The molecule has 1 N–H and O–H groups in total. The predicted molar refractivity (Wildman–Crippen MR) is 178 cm³/mol. The van der Waals surface area contributed by atoms with Crippen molar-refractivity contribution in [2.45, 2.75) is 79.6 Å². The third-order valence-electron chi connectivity index (χ3n) is 8.29. The number of carbonyl (C=O) groups excluding carboxylic acids is 1. The molecule has 1 aliphatic rings. The molecule has 4 nitrogen and oxygen atoms in total. The van der Waals surface area contributed by atoms with E-state index in [0.717, 1.165) is 50.1 Å². The number of hydrogen-bond acceptors (Lipinski definition) is 4. The number of ketones is 1. The fourth-order valence-electron chi connectivity index (χ4n) is 6.35. The second-order valence-corrected chi connectivity index (χ2v) is 13.2. The van der Waals surface area contributed by atoms with Crippen molar-refractivity contribution in [2.75, 3.05) is 0 Å². The van der Waals surface area contributed by atoms with Crippen molar-refractivity contribution in [3.05, 3.63) is 89.8 Å². The molecule has 0 bridgehead atoms. The van der Waals surface area contributed by atoms with Gasteiger partial charge in [0.05, 0.1) is 11.3 Å². The molecule has 5 aromatic rings. The van der Waals surface area contributed by atoms with Crippen LogP contribution in [0.2, 0.25) is 0 Å². The number of aliphatic hydroxyl groups is 1. The molecule has 0 aliphatic heterocycles. The Morgan fingerprint density at radius 3 is 2.45 bits per heavy atom. The van der Waals surface area contributed by atoms with Gasteiger partial charge >= 0.3 is 0 Å². The third-order valence-corrected chi connectivity index (χ3v) is 8.29. The van der Waals surface area contributed by atoms with Gasteiger partial charge < -0.3 is 14.5 Å². The zero-order valence-corrected chi connectivity index (χ0v) is 29.1. The number of benzene rings is 3. The second-order valence-electron chi connectivity index (χ2n) is 13.2. The van der Waals surface area contributed by atoms with Gasteiger partial charge in [-0.2, -0.15) is 0 Å². The van der Waals surface area contributed by atoms with Crippen molar-refractivity contribution < 1.29 is 34.4 Å². The number of para-hydroxylation sites is 1. The molecule has 1 aliphatic carbocycles. The van der Waals surface area contributed by atoms with Gasteiger partial charge in [-0.25, -0.2) is 0 Å². The number of pyridine rings is 1. The molecule has 1 fully saturated rings. The standard InChI is InChI=1S/C28H24NO.C11H20O2.Ir/c1-17-7-8-19(13-17)20-9-10-22-21(16-20)11-12-29-27(22)25-15-18(2)14-24-23-5-3-4-6-26(23)30-28(24)25;1-8(2)5-10(12)7-11(13)6-9(3)4;/h3-6,9-12,14,16-17,19H,7-8,13H2,1-2H3;7-9,12H,5-6H2,1-4H3;/q-1;;/b;10-7-;. The Morgan fingerprint density at radius 1 is 1.00 bits per heavy atom. The molecule has 0 amide bonds. The van der Waals surface area contributed by atoms with E-state index in [9.17, 15) is 9.90 Å². The molecule has 2 aromatic heterocycles. The Morgan fingerprint density at radius 2 is 1.75 bits per heavy atom. The summed E-state index contributed by atoms with van der Waals surface area (Å²) in [5, 5.41) is 14.0. The molecule has 1 saturated carbocycles. The van der Waals surface area contributed by atoms with Crippen LogP contribution in [0.4, 0.5) is 0 Å². The van der Waals surface area contributed by atoms with Crippen LogP contribution in [0.5, 0.6) is 0 Å². The predicted octanol–water partition coefficient (Wildman–Crippen LogP) is 10.9. The van der Waals surface area contributed by atoms with Gasteiger partial charge in [-0.15, -0.1) is 17.7 Å². The maximum Gasteiger partial charge on any atom is 0.159 e. The Bertz CT molecular complexity index is 1780. The van der Waals surface area contributed by atoms with E-state index in [0.29, 0.717) is 30.6 Å². The van der Waals surface area contributed by atoms with Gasteiger partial charge in [0, 0.05) is 50.6 Å². The summed E-state index contributed by atoms with van der Waals surface area (Å²) in [6.07, 6.45) is 8.33. The first-order valence-corrected chi connectivity index (χ1v) is 15.7. The summed E-state index contributed by atoms with van der Waals surface area (Å²) in [6, 6.07) is 23.0. The molecule has 3 aromatic carbocycles. The van der Waals surface area contributed by atoms with Crippen molar-refractivity contribution >= 4 is 38.5 Å². The number of aryl methyl sites for hydroxylation is 1. The molecule has 2 unspecified atom stereocenters. The Labute approximate surface area is 275 Å². The number of allylic oxidation sites excluding steroid dienone is 2. The number of fused-ring (bicyclic) bond motifs is 4. The van der Waals surface area contributed by atoms with Crippen LogP contribution in [0.25, 0.3) is 44.0 Å². The fourth-order valence-corrected chi connectivity index (χ4v) is 6.35. The normalized spacial score (nSPS) is 16.9. The van der Waals surface area contributed by atoms with E-state index in [2.05, 4.69) is 62.4 Å². The molecule has 6 rings (SSSR count). The average molecular weight is 767 g/mol. The first kappa shape index (κ1) is 33.6. The van der Waals surface area contributed by atoms with E-state index < -0.39 is 0 Å². The van der Waals surface area contributed by atoms with Crippen molar-refractivity contribution in [2.24, 2.45) is 17.8 Å². The first-order chi connectivity index (χ1) is 20.6. The van der Waals surface area contributed by atoms with E-state index in [1.807, 2.05) is 46.0 Å². The van der Waals surface area contributed by atoms with E-state index in [-0.39, 0.29) is 31.6 Å². The van der Waals surface area contributed by atoms with Crippen molar-refractivity contribution in [3.8, 4) is 11.3 Å². The van der Waals surface area contributed by atoms with Gasteiger partial charge in [0.15, 0.2) is 5.78 Å². The van der Waals surface area contributed by atoms with Crippen LogP contribution in [-0.2, 0) is 24.9 Å². The van der Waals surface area contributed by atoms with Gasteiger partial charge in [-0.1, -0.05) is 95.3 Å². The van der Waals surface area contributed by atoms with Crippen LogP contribution in [0.3, 0.4) is 0 Å². The molecule has 0 spiro atoms. The number of furan rings is 1. The summed E-state index contributed by atoms with van der Waals surface area (Å²) in [6.45, 7) is 12.5. The molecule has 233 valence electrons. The summed E-state index contributed by atoms with van der Waals surface area (Å²) in [7, 11) is 0. The molecule has 44 heavy (non-hydrogen) atoms. The molecule has 2 atom stereocenters. The maximum atomic E-state index is 11.2. The van der Waals surface area contributed by atoms with Crippen molar-refractivity contribution in [1.29, 1.82) is 0 Å². The van der Waals surface area contributed by atoms with Gasteiger partial charge in [0.25, 0.3) is 0 Å². The average Bonchev–Trinajstić information content (AvgIpc) is 3.55.